The number of ether oxygens (including phenoxy) is 1. The molecule has 0 aliphatic carbocycles. The summed E-state index contributed by atoms with van der Waals surface area (Å²) in [4.78, 5) is 10.1. The third kappa shape index (κ3) is 3.64. The van der Waals surface area contributed by atoms with E-state index in [4.69, 9.17) is 4.74 Å². The first kappa shape index (κ1) is 20.9. The molecule has 4 aromatic rings. The zero-order valence-electron chi connectivity index (χ0n) is 19.4. The van der Waals surface area contributed by atoms with E-state index in [2.05, 4.69) is 68.5 Å². The second kappa shape index (κ2) is 8.29. The Kier molecular flexibility index (Phi) is 5.10. The number of benzene rings is 1. The van der Waals surface area contributed by atoms with Gasteiger partial charge in [0.1, 0.15) is 6.61 Å². The number of aliphatic hydroxyl groups is 1. The second-order valence-corrected chi connectivity index (χ2v) is 9.22. The van der Waals surface area contributed by atoms with Gasteiger partial charge in [0.25, 0.3) is 0 Å². The third-order valence-corrected chi connectivity index (χ3v) is 6.82. The van der Waals surface area contributed by atoms with E-state index in [9.17, 15) is 5.11 Å². The average Bonchev–Trinajstić information content (AvgIpc) is 3.28. The molecular formula is C26H28N6O2. The van der Waals surface area contributed by atoms with Gasteiger partial charge in [0, 0.05) is 59.8 Å². The van der Waals surface area contributed by atoms with E-state index in [1.165, 1.54) is 16.8 Å². The topological polar surface area (TPSA) is 99.2 Å². The van der Waals surface area contributed by atoms with Crippen LogP contribution in [0.25, 0.3) is 33.4 Å². The van der Waals surface area contributed by atoms with E-state index in [1.807, 2.05) is 12.4 Å². The monoisotopic (exact) mass is 456 g/mol. The lowest BCUT2D eigenvalue weighted by Crippen LogP contribution is -2.36. The molecule has 0 bridgehead atoms. The highest BCUT2D eigenvalue weighted by molar-refractivity contribution is 5.95. The van der Waals surface area contributed by atoms with Crippen LogP contribution in [0.2, 0.25) is 0 Å². The molecule has 3 aromatic heterocycles. The number of aromatic amines is 1. The van der Waals surface area contributed by atoms with E-state index >= 15 is 0 Å². The number of pyridine rings is 1. The summed E-state index contributed by atoms with van der Waals surface area (Å²) in [6.45, 7) is 7.47. The number of piperidine rings is 1. The Labute approximate surface area is 198 Å². The van der Waals surface area contributed by atoms with Crippen molar-refractivity contribution in [2.24, 2.45) is 0 Å². The van der Waals surface area contributed by atoms with Crippen LogP contribution in [0.4, 0.5) is 11.4 Å². The van der Waals surface area contributed by atoms with Gasteiger partial charge in [0.05, 0.1) is 17.5 Å². The number of fused-ring (bicyclic) bond motifs is 2. The highest BCUT2D eigenvalue weighted by Crippen LogP contribution is 2.36. The third-order valence-electron chi connectivity index (χ3n) is 6.82. The van der Waals surface area contributed by atoms with Crippen LogP contribution in [-0.2, 0) is 0 Å². The van der Waals surface area contributed by atoms with Gasteiger partial charge in [-0.05, 0) is 62.1 Å². The molecule has 5 heterocycles. The molecule has 0 atom stereocenters. The van der Waals surface area contributed by atoms with Crippen LogP contribution in [0.3, 0.4) is 0 Å². The minimum atomic E-state index is -0.178. The molecule has 1 saturated heterocycles. The number of aliphatic hydroxyl groups excluding tert-OH is 1. The Balaban J connectivity index is 1.37. The molecule has 3 N–H and O–H groups in total. The van der Waals surface area contributed by atoms with E-state index in [-0.39, 0.29) is 6.10 Å². The zero-order chi connectivity index (χ0) is 23.2. The molecule has 1 aromatic carbocycles. The minimum absolute atomic E-state index is 0.178. The maximum Gasteiger partial charge on any atom is 0.237 e. The molecule has 6 rings (SSSR count). The first-order valence-electron chi connectivity index (χ1n) is 11.8. The average molecular weight is 457 g/mol. The van der Waals surface area contributed by atoms with E-state index in [0.717, 1.165) is 71.6 Å². The van der Waals surface area contributed by atoms with Crippen molar-refractivity contribution in [1.29, 1.82) is 0 Å². The van der Waals surface area contributed by atoms with Crippen LogP contribution in [0, 0.1) is 13.8 Å². The Morgan fingerprint density at radius 1 is 1.03 bits per heavy atom. The predicted octanol–water partition coefficient (Wildman–Crippen LogP) is 4.07. The SMILES string of the molecule is Cc1cc(-c2cc3c(-c4cnc5c(c4)NCCO5)c[nH]c3nn2)cc(C)c1N1CCC(O)CC1. The number of H-pyrrole nitrogens is 1. The van der Waals surface area contributed by atoms with Gasteiger partial charge >= 0.3 is 0 Å². The summed E-state index contributed by atoms with van der Waals surface area (Å²) in [7, 11) is 0. The number of anilines is 2. The number of aryl methyl sites for hydroxylation is 2. The fraction of sp³-hybridized carbons (Fsp3) is 0.346. The summed E-state index contributed by atoms with van der Waals surface area (Å²) in [5.41, 5.74) is 9.28. The van der Waals surface area contributed by atoms with Crippen molar-refractivity contribution in [3.63, 3.8) is 0 Å². The van der Waals surface area contributed by atoms with Crippen molar-refractivity contribution in [2.75, 3.05) is 36.5 Å². The molecule has 0 radical (unpaired) electrons. The lowest BCUT2D eigenvalue weighted by atomic mass is 9.98. The van der Waals surface area contributed by atoms with Gasteiger partial charge < -0.3 is 25.0 Å². The normalized spacial score (nSPS) is 16.3. The molecule has 174 valence electrons. The van der Waals surface area contributed by atoms with Gasteiger partial charge in [-0.25, -0.2) is 4.98 Å². The highest BCUT2D eigenvalue weighted by atomic mass is 16.5. The molecule has 0 amide bonds. The van der Waals surface area contributed by atoms with E-state index in [0.29, 0.717) is 12.5 Å². The first-order valence-corrected chi connectivity index (χ1v) is 11.8. The van der Waals surface area contributed by atoms with Gasteiger partial charge in [0.2, 0.25) is 5.88 Å². The fourth-order valence-electron chi connectivity index (χ4n) is 5.17. The van der Waals surface area contributed by atoms with Gasteiger partial charge in [-0.3, -0.25) is 0 Å². The van der Waals surface area contributed by atoms with Crippen molar-refractivity contribution in [3.05, 3.63) is 47.8 Å². The first-order chi connectivity index (χ1) is 16.6. The van der Waals surface area contributed by atoms with Crippen molar-refractivity contribution in [3.8, 4) is 28.3 Å². The summed E-state index contributed by atoms with van der Waals surface area (Å²) >= 11 is 0. The van der Waals surface area contributed by atoms with Crippen LogP contribution < -0.4 is 15.0 Å². The second-order valence-electron chi connectivity index (χ2n) is 9.22. The Hall–Kier alpha value is -3.65. The van der Waals surface area contributed by atoms with Crippen LogP contribution >= 0.6 is 0 Å². The predicted molar refractivity (Wildman–Crippen MR) is 133 cm³/mol. The van der Waals surface area contributed by atoms with Crippen LogP contribution in [0.15, 0.2) is 36.7 Å². The summed E-state index contributed by atoms with van der Waals surface area (Å²) in [5.74, 6) is 0.643. The van der Waals surface area contributed by atoms with Crippen molar-refractivity contribution in [1.82, 2.24) is 20.2 Å². The number of rotatable bonds is 3. The molecule has 1 fully saturated rings. The number of hydrogen-bond acceptors (Lipinski definition) is 7. The van der Waals surface area contributed by atoms with E-state index < -0.39 is 0 Å². The van der Waals surface area contributed by atoms with Crippen molar-refractivity contribution < 1.29 is 9.84 Å². The highest BCUT2D eigenvalue weighted by Gasteiger charge is 2.21. The molecule has 8 nitrogen and oxygen atoms in total. The van der Waals surface area contributed by atoms with Crippen LogP contribution in [0.5, 0.6) is 5.88 Å². The lowest BCUT2D eigenvalue weighted by Gasteiger charge is -2.34. The smallest absolute Gasteiger partial charge is 0.237 e. The molecule has 8 heteroatoms. The molecule has 34 heavy (non-hydrogen) atoms. The summed E-state index contributed by atoms with van der Waals surface area (Å²) in [5, 5.41) is 23.2. The van der Waals surface area contributed by atoms with Crippen LogP contribution in [0.1, 0.15) is 24.0 Å². The zero-order valence-corrected chi connectivity index (χ0v) is 19.4. The molecule has 0 saturated carbocycles. The quantitative estimate of drug-likeness (QED) is 0.427. The summed E-state index contributed by atoms with van der Waals surface area (Å²) in [6.07, 6.45) is 5.26. The molecule has 2 aliphatic heterocycles. The summed E-state index contributed by atoms with van der Waals surface area (Å²) in [6, 6.07) is 8.56. The van der Waals surface area contributed by atoms with Gasteiger partial charge in [-0.15, -0.1) is 10.2 Å². The number of nitrogens with one attached hydrogen (secondary N) is 2. The molecular weight excluding hydrogens is 428 g/mol. The number of aromatic nitrogens is 4. The maximum absolute atomic E-state index is 9.88. The molecule has 2 aliphatic rings. The lowest BCUT2D eigenvalue weighted by molar-refractivity contribution is 0.145. The minimum Gasteiger partial charge on any atom is -0.474 e. The van der Waals surface area contributed by atoms with Crippen molar-refractivity contribution >= 4 is 22.4 Å². The Bertz CT molecular complexity index is 1350. The number of nitrogens with zero attached hydrogens (tertiary/aromatic N) is 4. The summed E-state index contributed by atoms with van der Waals surface area (Å²) < 4.78 is 5.62. The fourth-order valence-corrected chi connectivity index (χ4v) is 5.17. The molecule has 0 unspecified atom stereocenters. The van der Waals surface area contributed by atoms with E-state index in [1.54, 1.807) is 0 Å². The van der Waals surface area contributed by atoms with Gasteiger partial charge in [0.15, 0.2) is 5.65 Å². The standard InChI is InChI=1S/C26H28N6O2/c1-15-9-17(10-16(2)24(15)32-6-3-19(33)4-7-32)22-12-20-21(14-28-25(20)31-30-22)18-11-23-26(29-13-18)34-8-5-27-23/h9-14,19,27,33H,3-8H2,1-2H3,(H,28,31). The van der Waals surface area contributed by atoms with Crippen LogP contribution in [-0.4, -0.2) is 57.6 Å². The van der Waals surface area contributed by atoms with Gasteiger partial charge in [-0.1, -0.05) is 0 Å². The van der Waals surface area contributed by atoms with Crippen molar-refractivity contribution in [2.45, 2.75) is 32.8 Å². The number of hydrogen-bond donors (Lipinski definition) is 3. The Morgan fingerprint density at radius 3 is 2.62 bits per heavy atom. The largest absolute Gasteiger partial charge is 0.474 e. The maximum atomic E-state index is 9.88. The van der Waals surface area contributed by atoms with Gasteiger partial charge in [-0.2, -0.15) is 0 Å². The Morgan fingerprint density at radius 2 is 1.82 bits per heavy atom. The molecule has 0 spiro atoms.